The van der Waals surface area contributed by atoms with Crippen LogP contribution in [-0.4, -0.2) is 69.8 Å². The van der Waals surface area contributed by atoms with E-state index in [1.165, 1.54) is 18.9 Å². The number of hydrogen-bond donors (Lipinski definition) is 2. The largest absolute Gasteiger partial charge is 0.353 e. The van der Waals surface area contributed by atoms with E-state index in [0.29, 0.717) is 29.5 Å². The van der Waals surface area contributed by atoms with Gasteiger partial charge in [-0.05, 0) is 44.5 Å². The summed E-state index contributed by atoms with van der Waals surface area (Å²) in [6, 6.07) is 12.8. The molecule has 11 nitrogen and oxygen atoms in total. The number of halogens is 1. The van der Waals surface area contributed by atoms with Gasteiger partial charge in [-0.25, -0.2) is 19.9 Å². The van der Waals surface area contributed by atoms with Crippen LogP contribution in [0.2, 0.25) is 0 Å². The predicted molar refractivity (Wildman–Crippen MR) is 148 cm³/mol. The van der Waals surface area contributed by atoms with Gasteiger partial charge in [0.15, 0.2) is 11.6 Å². The molecule has 12 heteroatoms. The van der Waals surface area contributed by atoms with Crippen molar-refractivity contribution in [1.29, 1.82) is 0 Å². The Kier molecular flexibility index (Phi) is 5.96. The number of rotatable bonds is 7. The van der Waals surface area contributed by atoms with E-state index in [4.69, 9.17) is 4.98 Å². The average Bonchev–Trinajstić information content (AvgIpc) is 3.59. The van der Waals surface area contributed by atoms with E-state index in [9.17, 15) is 4.39 Å². The van der Waals surface area contributed by atoms with Crippen LogP contribution in [0.1, 0.15) is 23.5 Å². The van der Waals surface area contributed by atoms with Crippen LogP contribution in [0.4, 0.5) is 21.8 Å². The average molecular weight is 538 g/mol. The third-order valence-corrected chi connectivity index (χ3v) is 7.49. The van der Waals surface area contributed by atoms with Gasteiger partial charge in [-0.3, -0.25) is 15.0 Å². The minimum atomic E-state index is -0.502. The Hall–Kier alpha value is -4.71. The lowest BCUT2D eigenvalue weighted by Crippen LogP contribution is -2.68. The van der Waals surface area contributed by atoms with Crippen LogP contribution in [0.25, 0.3) is 17.1 Å². The Balaban J connectivity index is 0.991. The summed E-state index contributed by atoms with van der Waals surface area (Å²) in [5.41, 5.74) is 4.50. The van der Waals surface area contributed by atoms with Gasteiger partial charge < -0.3 is 14.8 Å². The second kappa shape index (κ2) is 9.79. The number of H-pyrrole nitrogens is 1. The lowest BCUT2D eigenvalue weighted by atomic mass is 9.87. The number of pyridine rings is 2. The van der Waals surface area contributed by atoms with Crippen LogP contribution in [0.15, 0.2) is 61.3 Å². The molecule has 8 heterocycles. The van der Waals surface area contributed by atoms with E-state index >= 15 is 0 Å². The van der Waals surface area contributed by atoms with E-state index in [2.05, 4.69) is 51.3 Å². The summed E-state index contributed by atoms with van der Waals surface area (Å²) in [4.78, 5) is 27.2. The van der Waals surface area contributed by atoms with Gasteiger partial charge >= 0.3 is 0 Å². The van der Waals surface area contributed by atoms with E-state index < -0.39 is 5.95 Å². The number of aromatic amines is 1. The molecule has 3 aliphatic rings. The van der Waals surface area contributed by atoms with Gasteiger partial charge in [-0.2, -0.15) is 9.49 Å². The minimum Gasteiger partial charge on any atom is -0.353 e. The van der Waals surface area contributed by atoms with Crippen LogP contribution in [0, 0.1) is 19.8 Å². The zero-order valence-electron chi connectivity index (χ0n) is 22.2. The van der Waals surface area contributed by atoms with Crippen molar-refractivity contribution in [1.82, 2.24) is 44.6 Å². The lowest BCUT2D eigenvalue weighted by Gasteiger charge is -2.56. The first kappa shape index (κ1) is 24.3. The maximum absolute atomic E-state index is 13.2. The molecule has 5 aromatic rings. The third-order valence-electron chi connectivity index (χ3n) is 7.49. The molecule has 0 aromatic carbocycles. The number of aromatic nitrogens is 8. The quantitative estimate of drug-likeness (QED) is 0.320. The molecule has 0 saturated carbocycles. The molecule has 0 radical (unpaired) electrons. The van der Waals surface area contributed by atoms with Gasteiger partial charge in [-0.15, -0.1) is 0 Å². The van der Waals surface area contributed by atoms with Gasteiger partial charge in [0.1, 0.15) is 18.0 Å². The molecule has 0 aliphatic carbocycles. The fourth-order valence-corrected chi connectivity index (χ4v) is 5.50. The van der Waals surface area contributed by atoms with E-state index in [0.717, 1.165) is 53.8 Å². The van der Waals surface area contributed by atoms with Crippen LogP contribution in [0.5, 0.6) is 0 Å². The molecule has 3 saturated heterocycles. The molecule has 3 aliphatic heterocycles. The highest BCUT2D eigenvalue weighted by atomic mass is 19.1. The second-order valence-corrected chi connectivity index (χ2v) is 10.4. The molecular weight excluding hydrogens is 509 g/mol. The van der Waals surface area contributed by atoms with Crippen molar-refractivity contribution in [2.24, 2.45) is 0 Å². The van der Waals surface area contributed by atoms with Crippen molar-refractivity contribution in [3.8, 4) is 17.1 Å². The van der Waals surface area contributed by atoms with Crippen LogP contribution in [0.3, 0.4) is 0 Å². The number of fused-ring (bicyclic) bond motifs is 2. The maximum Gasteiger partial charge on any atom is 0.231 e. The first-order chi connectivity index (χ1) is 19.5. The SMILES string of the molecule is Cc1cc(Nc2cc(C)[nH]n2)nc(-c2ccc(N3CC4CC(C3)N4Cc3ccc(-n4cnc(F)c4)cn3)nc2)n1. The molecule has 202 valence electrons. The van der Waals surface area contributed by atoms with Gasteiger partial charge in [0.05, 0.1) is 23.8 Å². The summed E-state index contributed by atoms with van der Waals surface area (Å²) < 4.78 is 14.8. The number of piperidine rings is 1. The van der Waals surface area contributed by atoms with E-state index in [1.54, 1.807) is 10.8 Å². The van der Waals surface area contributed by atoms with Crippen LogP contribution < -0.4 is 10.2 Å². The van der Waals surface area contributed by atoms with Gasteiger partial charge in [0.25, 0.3) is 0 Å². The molecule has 2 bridgehead atoms. The number of aryl methyl sites for hydroxylation is 2. The Morgan fingerprint density at radius 2 is 1.85 bits per heavy atom. The van der Waals surface area contributed by atoms with Crippen molar-refractivity contribution < 1.29 is 4.39 Å². The zero-order valence-corrected chi connectivity index (χ0v) is 22.2. The summed E-state index contributed by atoms with van der Waals surface area (Å²) in [7, 11) is 0. The number of nitrogens with one attached hydrogen (secondary N) is 2. The van der Waals surface area contributed by atoms with Crippen molar-refractivity contribution >= 4 is 17.5 Å². The molecule has 0 spiro atoms. The monoisotopic (exact) mass is 537 g/mol. The summed E-state index contributed by atoms with van der Waals surface area (Å²) in [6.45, 7) is 6.55. The highest BCUT2D eigenvalue weighted by Crippen LogP contribution is 2.35. The Bertz CT molecular complexity index is 1630. The minimum absolute atomic E-state index is 0.462. The first-order valence-corrected chi connectivity index (χ1v) is 13.2. The molecule has 5 aromatic heterocycles. The van der Waals surface area contributed by atoms with Crippen molar-refractivity contribution in [3.63, 3.8) is 0 Å². The molecule has 2 N–H and O–H groups in total. The predicted octanol–water partition coefficient (Wildman–Crippen LogP) is 3.81. The normalized spacial score (nSPS) is 18.5. The Morgan fingerprint density at radius 1 is 0.975 bits per heavy atom. The standard InChI is InChI=1S/C28H28FN11/c1-17-7-25(34-26-8-18(2)36-37-26)35-28(33-17)19-3-6-27(31-10-19)38-13-22-9-23(14-38)40(22)12-20-4-5-21(11-30-20)39-15-24(29)32-16-39/h3-8,10-11,15-16,22-23H,9,12-14H2,1-2H3,(H2,33,34,35,36,37). The number of anilines is 3. The lowest BCUT2D eigenvalue weighted by molar-refractivity contribution is -0.00967. The summed E-state index contributed by atoms with van der Waals surface area (Å²) >= 11 is 0. The molecular formula is C28H28FN11. The van der Waals surface area contributed by atoms with Gasteiger partial charge in [0, 0.05) is 67.0 Å². The first-order valence-electron chi connectivity index (χ1n) is 13.2. The smallest absolute Gasteiger partial charge is 0.231 e. The van der Waals surface area contributed by atoms with Crippen molar-refractivity contribution in [2.75, 3.05) is 23.3 Å². The van der Waals surface area contributed by atoms with Gasteiger partial charge in [0.2, 0.25) is 5.95 Å². The topological polar surface area (TPSA) is 117 Å². The molecule has 2 atom stereocenters. The Labute approximate surface area is 230 Å². The van der Waals surface area contributed by atoms with Gasteiger partial charge in [-0.1, -0.05) is 0 Å². The highest BCUT2D eigenvalue weighted by Gasteiger charge is 2.44. The fourth-order valence-electron chi connectivity index (χ4n) is 5.50. The summed E-state index contributed by atoms with van der Waals surface area (Å²) in [6.07, 6.45) is 7.59. The highest BCUT2D eigenvalue weighted by molar-refractivity contribution is 5.61. The zero-order chi connectivity index (χ0) is 27.2. The number of nitrogens with zero attached hydrogens (tertiary/aromatic N) is 9. The third kappa shape index (κ3) is 4.77. The Morgan fingerprint density at radius 3 is 2.52 bits per heavy atom. The van der Waals surface area contributed by atoms with Crippen LogP contribution >= 0.6 is 0 Å². The van der Waals surface area contributed by atoms with E-state index in [-0.39, 0.29) is 0 Å². The molecule has 3 fully saturated rings. The molecule has 40 heavy (non-hydrogen) atoms. The molecule has 0 amide bonds. The number of imidazole rings is 1. The maximum atomic E-state index is 13.2. The molecule has 8 rings (SSSR count). The number of piperazine rings is 1. The van der Waals surface area contributed by atoms with E-state index in [1.807, 2.05) is 50.4 Å². The number of hydrogen-bond acceptors (Lipinski definition) is 9. The summed E-state index contributed by atoms with van der Waals surface area (Å²) in [5.74, 6) is 2.49. The fraction of sp³-hybridized carbons (Fsp3) is 0.286. The molecule has 2 unspecified atom stereocenters. The summed E-state index contributed by atoms with van der Waals surface area (Å²) in [5, 5.41) is 10.4. The van der Waals surface area contributed by atoms with Crippen molar-refractivity contribution in [3.05, 3.63) is 84.3 Å². The van der Waals surface area contributed by atoms with Crippen molar-refractivity contribution in [2.45, 2.75) is 38.9 Å². The second-order valence-electron chi connectivity index (χ2n) is 10.4. The van der Waals surface area contributed by atoms with Crippen LogP contribution in [-0.2, 0) is 6.54 Å².